The molecule has 0 radical (unpaired) electrons. The summed E-state index contributed by atoms with van der Waals surface area (Å²) < 4.78 is 2.09. The van der Waals surface area contributed by atoms with E-state index in [1.54, 1.807) is 24.4 Å². The topological polar surface area (TPSA) is 70.4 Å². The van der Waals surface area contributed by atoms with Gasteiger partial charge in [-0.15, -0.1) is 0 Å². The van der Waals surface area contributed by atoms with Crippen molar-refractivity contribution in [1.29, 1.82) is 0 Å². The second-order valence-corrected chi connectivity index (χ2v) is 7.64. The highest BCUT2D eigenvalue weighted by Crippen LogP contribution is 2.40. The average molecular weight is 407 g/mol. The van der Waals surface area contributed by atoms with Crippen LogP contribution in [0.2, 0.25) is 0 Å². The van der Waals surface area contributed by atoms with Crippen LogP contribution in [0.3, 0.4) is 0 Å². The summed E-state index contributed by atoms with van der Waals surface area (Å²) in [6.07, 6.45) is 1.79. The first-order chi connectivity index (χ1) is 13.9. The lowest BCUT2D eigenvalue weighted by atomic mass is 9.97. The lowest BCUT2D eigenvalue weighted by Crippen LogP contribution is -2.25. The second-order valence-electron chi connectivity index (χ2n) is 7.25. The first-order valence-electron chi connectivity index (χ1n) is 9.35. The molecule has 0 bridgehead atoms. The molecule has 1 aliphatic rings. The van der Waals surface area contributed by atoms with Crippen LogP contribution in [0.1, 0.15) is 45.1 Å². The molecular weight excluding hydrogens is 384 g/mol. The van der Waals surface area contributed by atoms with Gasteiger partial charge in [0.2, 0.25) is 0 Å². The van der Waals surface area contributed by atoms with Gasteiger partial charge in [-0.1, -0.05) is 12.1 Å². The Morgan fingerprint density at radius 3 is 2.66 bits per heavy atom. The summed E-state index contributed by atoms with van der Waals surface area (Å²) in [7, 11) is 1.99. The predicted molar refractivity (Wildman–Crippen MR) is 115 cm³/mol. The number of nitrogens with zero attached hydrogens (tertiary/aromatic N) is 3. The van der Waals surface area contributed by atoms with Crippen molar-refractivity contribution in [2.75, 3.05) is 7.05 Å². The molecule has 2 aromatic heterocycles. The Morgan fingerprint density at radius 2 is 1.97 bits per heavy atom. The summed E-state index contributed by atoms with van der Waals surface area (Å²) in [6, 6.07) is 14.9. The molecule has 1 aromatic carbocycles. The maximum atomic E-state index is 11.4. The molecule has 29 heavy (non-hydrogen) atoms. The number of aryl methyl sites for hydroxylation is 1. The Bertz CT molecular complexity index is 1090. The predicted octanol–water partition coefficient (Wildman–Crippen LogP) is 3.79. The van der Waals surface area contributed by atoms with Crippen molar-refractivity contribution in [2.45, 2.75) is 25.9 Å². The average Bonchev–Trinajstić information content (AvgIpc) is 3.17. The normalized spacial score (nSPS) is 18.7. The summed E-state index contributed by atoms with van der Waals surface area (Å²) >= 11 is 5.53. The van der Waals surface area contributed by atoms with Crippen molar-refractivity contribution in [1.82, 2.24) is 19.8 Å². The van der Waals surface area contributed by atoms with Gasteiger partial charge >= 0.3 is 5.97 Å². The third-order valence-electron chi connectivity index (χ3n) is 5.48. The number of aromatic nitrogens is 2. The fraction of sp³-hybridized carbons (Fsp3) is 0.227. The number of carbonyl (C=O) groups is 1. The molecule has 3 heterocycles. The molecule has 0 amide bonds. The highest BCUT2D eigenvalue weighted by Gasteiger charge is 2.39. The summed E-state index contributed by atoms with van der Waals surface area (Å²) in [5, 5.41) is 13.4. The largest absolute Gasteiger partial charge is 0.478 e. The van der Waals surface area contributed by atoms with E-state index in [1.165, 1.54) is 0 Å². The molecule has 3 aromatic rings. The van der Waals surface area contributed by atoms with E-state index in [0.717, 1.165) is 28.3 Å². The van der Waals surface area contributed by atoms with Gasteiger partial charge < -0.3 is 19.9 Å². The van der Waals surface area contributed by atoms with Crippen LogP contribution in [0.25, 0.3) is 5.69 Å². The third-order valence-corrected chi connectivity index (χ3v) is 5.88. The van der Waals surface area contributed by atoms with Gasteiger partial charge in [0.1, 0.15) is 0 Å². The third kappa shape index (κ3) is 3.27. The second kappa shape index (κ2) is 7.33. The van der Waals surface area contributed by atoms with Gasteiger partial charge in [0, 0.05) is 30.3 Å². The number of thiocarbonyl (C=S) groups is 1. The minimum absolute atomic E-state index is 0.0139. The summed E-state index contributed by atoms with van der Waals surface area (Å²) in [5.74, 6) is -0.935. The lowest BCUT2D eigenvalue weighted by Gasteiger charge is -2.24. The van der Waals surface area contributed by atoms with Crippen molar-refractivity contribution < 1.29 is 9.90 Å². The van der Waals surface area contributed by atoms with Gasteiger partial charge in [-0.3, -0.25) is 4.98 Å². The number of carboxylic acid groups (broad SMARTS) is 1. The first-order valence-corrected chi connectivity index (χ1v) is 9.76. The number of aromatic carboxylic acids is 1. The van der Waals surface area contributed by atoms with Crippen LogP contribution >= 0.6 is 12.2 Å². The Morgan fingerprint density at radius 1 is 1.17 bits per heavy atom. The molecule has 0 spiro atoms. The van der Waals surface area contributed by atoms with Gasteiger partial charge in [0.05, 0.1) is 23.3 Å². The molecule has 1 aliphatic heterocycles. The number of benzene rings is 1. The van der Waals surface area contributed by atoms with E-state index in [-0.39, 0.29) is 17.6 Å². The molecule has 148 valence electrons. The van der Waals surface area contributed by atoms with E-state index in [9.17, 15) is 9.90 Å². The van der Waals surface area contributed by atoms with E-state index in [1.807, 2.05) is 38.2 Å². The fourth-order valence-corrected chi connectivity index (χ4v) is 4.35. The van der Waals surface area contributed by atoms with Crippen LogP contribution < -0.4 is 5.32 Å². The molecule has 0 unspecified atom stereocenters. The van der Waals surface area contributed by atoms with Gasteiger partial charge in [-0.05, 0) is 68.0 Å². The Kier molecular flexibility index (Phi) is 4.84. The molecule has 4 rings (SSSR count). The van der Waals surface area contributed by atoms with Gasteiger partial charge in [0.25, 0.3) is 0 Å². The van der Waals surface area contributed by atoms with Crippen molar-refractivity contribution in [2.24, 2.45) is 0 Å². The van der Waals surface area contributed by atoms with Crippen molar-refractivity contribution in [3.05, 3.63) is 82.9 Å². The zero-order valence-electron chi connectivity index (χ0n) is 16.5. The number of likely N-dealkylation sites (N-methyl/N-ethyl adjacent to an activating group) is 1. The molecular formula is C22H22N4O2S. The van der Waals surface area contributed by atoms with Crippen molar-refractivity contribution >= 4 is 23.3 Å². The summed E-state index contributed by atoms with van der Waals surface area (Å²) in [4.78, 5) is 18.0. The molecule has 0 aliphatic carbocycles. The summed E-state index contributed by atoms with van der Waals surface area (Å²) in [5.41, 5.74) is 5.25. The molecule has 1 saturated heterocycles. The standard InChI is InChI=1S/C22H22N4O2S/c1-13-11-17(14(2)26(13)16-8-6-7-15(12-16)21(27)28)20-19(24-22(29)25(20)3)18-9-4-5-10-23-18/h4-12,19-20H,1-3H3,(H,24,29)(H,27,28)/t19-,20-/m1/s1. The number of carboxylic acids is 1. The maximum absolute atomic E-state index is 11.4. The van der Waals surface area contributed by atoms with Gasteiger partial charge in [-0.2, -0.15) is 0 Å². The highest BCUT2D eigenvalue weighted by molar-refractivity contribution is 7.80. The van der Waals surface area contributed by atoms with E-state index in [0.29, 0.717) is 5.11 Å². The summed E-state index contributed by atoms with van der Waals surface area (Å²) in [6.45, 7) is 4.08. The van der Waals surface area contributed by atoms with Crippen LogP contribution in [-0.2, 0) is 0 Å². The number of hydrogen-bond donors (Lipinski definition) is 2. The van der Waals surface area contributed by atoms with E-state index >= 15 is 0 Å². The zero-order chi connectivity index (χ0) is 20.7. The molecule has 2 atom stereocenters. The van der Waals surface area contributed by atoms with Crippen LogP contribution in [0.5, 0.6) is 0 Å². The minimum Gasteiger partial charge on any atom is -0.478 e. The zero-order valence-corrected chi connectivity index (χ0v) is 17.3. The van der Waals surface area contributed by atoms with E-state index in [2.05, 4.69) is 32.8 Å². The number of nitrogens with one attached hydrogen (secondary N) is 1. The fourth-order valence-electron chi connectivity index (χ4n) is 4.11. The SMILES string of the molecule is Cc1cc([C@@H]2[C@@H](c3ccccn3)NC(=S)N2C)c(C)n1-c1cccc(C(=O)O)c1. The molecule has 2 N–H and O–H groups in total. The maximum Gasteiger partial charge on any atom is 0.335 e. The smallest absolute Gasteiger partial charge is 0.335 e. The Balaban J connectivity index is 1.81. The van der Waals surface area contributed by atoms with Crippen LogP contribution in [-0.4, -0.2) is 37.7 Å². The monoisotopic (exact) mass is 406 g/mol. The number of rotatable bonds is 4. The van der Waals surface area contributed by atoms with Crippen LogP contribution in [0.15, 0.2) is 54.7 Å². The minimum atomic E-state index is -0.935. The van der Waals surface area contributed by atoms with Crippen molar-refractivity contribution in [3.8, 4) is 5.69 Å². The Labute approximate surface area is 174 Å². The number of hydrogen-bond acceptors (Lipinski definition) is 3. The number of pyridine rings is 1. The van der Waals surface area contributed by atoms with Crippen molar-refractivity contribution in [3.63, 3.8) is 0 Å². The van der Waals surface area contributed by atoms with E-state index in [4.69, 9.17) is 12.2 Å². The van der Waals surface area contributed by atoms with Gasteiger partial charge in [-0.25, -0.2) is 4.79 Å². The van der Waals surface area contributed by atoms with Crippen LogP contribution in [0, 0.1) is 13.8 Å². The van der Waals surface area contributed by atoms with E-state index < -0.39 is 5.97 Å². The molecule has 0 saturated carbocycles. The molecule has 1 fully saturated rings. The molecule has 6 nitrogen and oxygen atoms in total. The first kappa shape index (κ1) is 19.1. The molecule has 7 heteroatoms. The van der Waals surface area contributed by atoms with Gasteiger partial charge in [0.15, 0.2) is 5.11 Å². The highest BCUT2D eigenvalue weighted by atomic mass is 32.1. The Hall–Kier alpha value is -3.19. The van der Waals surface area contributed by atoms with Crippen LogP contribution in [0.4, 0.5) is 0 Å². The lowest BCUT2D eigenvalue weighted by molar-refractivity contribution is 0.0697. The quantitative estimate of drug-likeness (QED) is 0.643.